The zero-order valence-electron chi connectivity index (χ0n) is 7.00. The molecule has 1 N–H and O–H groups in total. The Hall–Kier alpha value is -0.500. The van der Waals surface area contributed by atoms with Crippen LogP contribution in [0.15, 0.2) is 24.3 Å². The van der Waals surface area contributed by atoms with Crippen LogP contribution in [0.1, 0.15) is 12.0 Å². The number of aliphatic hydroxyl groups is 1. The van der Waals surface area contributed by atoms with E-state index in [0.29, 0.717) is 16.5 Å². The molecule has 3 heteroatoms. The molecule has 1 aromatic rings. The van der Waals surface area contributed by atoms with E-state index in [1.54, 1.807) is 18.2 Å². The van der Waals surface area contributed by atoms with E-state index in [4.69, 9.17) is 28.3 Å². The molecule has 0 aliphatic rings. The van der Waals surface area contributed by atoms with E-state index in [1.807, 2.05) is 12.2 Å². The molecule has 0 spiro atoms. The summed E-state index contributed by atoms with van der Waals surface area (Å²) >= 11 is 11.7. The van der Waals surface area contributed by atoms with Crippen LogP contribution in [-0.2, 0) is 0 Å². The topological polar surface area (TPSA) is 20.2 Å². The second-order valence-corrected chi connectivity index (χ2v) is 3.42. The van der Waals surface area contributed by atoms with Gasteiger partial charge in [-0.1, -0.05) is 35.4 Å². The summed E-state index contributed by atoms with van der Waals surface area (Å²) in [6.45, 7) is 0.148. The molecule has 0 bridgehead atoms. The molecule has 1 nitrogen and oxygen atoms in total. The SMILES string of the molecule is OCCC=Cc1cc(Cl)ccc1Cl. The first-order chi connectivity index (χ1) is 6.24. The summed E-state index contributed by atoms with van der Waals surface area (Å²) < 4.78 is 0. The second kappa shape index (κ2) is 5.28. The summed E-state index contributed by atoms with van der Waals surface area (Å²) in [6.07, 6.45) is 4.34. The Morgan fingerprint density at radius 3 is 2.77 bits per heavy atom. The van der Waals surface area contributed by atoms with Crippen LogP contribution in [0.5, 0.6) is 0 Å². The van der Waals surface area contributed by atoms with E-state index in [-0.39, 0.29) is 6.61 Å². The molecule has 0 radical (unpaired) electrons. The third-order valence-corrected chi connectivity index (χ3v) is 2.13. The molecular weight excluding hydrogens is 207 g/mol. The highest BCUT2D eigenvalue weighted by atomic mass is 35.5. The number of hydrogen-bond donors (Lipinski definition) is 1. The van der Waals surface area contributed by atoms with Gasteiger partial charge in [0.2, 0.25) is 0 Å². The van der Waals surface area contributed by atoms with E-state index < -0.39 is 0 Å². The lowest BCUT2D eigenvalue weighted by Gasteiger charge is -1.98. The van der Waals surface area contributed by atoms with Crippen molar-refractivity contribution in [1.29, 1.82) is 0 Å². The van der Waals surface area contributed by atoms with E-state index in [0.717, 1.165) is 5.56 Å². The van der Waals surface area contributed by atoms with Crippen LogP contribution in [0.2, 0.25) is 10.0 Å². The van der Waals surface area contributed by atoms with Crippen LogP contribution in [0, 0.1) is 0 Å². The molecule has 0 aromatic heterocycles. The van der Waals surface area contributed by atoms with Gasteiger partial charge in [-0.15, -0.1) is 0 Å². The molecule has 0 atom stereocenters. The minimum Gasteiger partial charge on any atom is -0.396 e. The zero-order valence-corrected chi connectivity index (χ0v) is 8.52. The van der Waals surface area contributed by atoms with E-state index in [2.05, 4.69) is 0 Å². The van der Waals surface area contributed by atoms with Gasteiger partial charge in [-0.05, 0) is 30.2 Å². The predicted octanol–water partition coefficient (Wildman–Crippen LogP) is 3.39. The standard InChI is InChI=1S/C10H10Cl2O/c11-9-4-5-10(12)8(7-9)3-1-2-6-13/h1,3-5,7,13H,2,6H2. The van der Waals surface area contributed by atoms with Crippen molar-refractivity contribution in [1.82, 2.24) is 0 Å². The summed E-state index contributed by atoms with van der Waals surface area (Å²) in [4.78, 5) is 0. The van der Waals surface area contributed by atoms with Crippen LogP contribution >= 0.6 is 23.2 Å². The molecule has 70 valence electrons. The summed E-state index contributed by atoms with van der Waals surface area (Å²) in [5, 5.41) is 9.88. The van der Waals surface area contributed by atoms with Gasteiger partial charge in [0, 0.05) is 16.7 Å². The van der Waals surface area contributed by atoms with Gasteiger partial charge < -0.3 is 5.11 Å². The van der Waals surface area contributed by atoms with Gasteiger partial charge in [0.15, 0.2) is 0 Å². The summed E-state index contributed by atoms with van der Waals surface area (Å²) in [7, 11) is 0. The third kappa shape index (κ3) is 3.39. The van der Waals surface area contributed by atoms with E-state index in [9.17, 15) is 0 Å². The van der Waals surface area contributed by atoms with Gasteiger partial charge in [0.05, 0.1) is 0 Å². The van der Waals surface area contributed by atoms with Crippen molar-refractivity contribution in [2.45, 2.75) is 6.42 Å². The molecular formula is C10H10Cl2O. The molecule has 0 fully saturated rings. The average molecular weight is 217 g/mol. The summed E-state index contributed by atoms with van der Waals surface area (Å²) in [5.41, 5.74) is 0.877. The Labute approximate surface area is 87.6 Å². The van der Waals surface area contributed by atoms with Crippen LogP contribution < -0.4 is 0 Å². The maximum atomic E-state index is 8.56. The molecule has 0 amide bonds. The van der Waals surface area contributed by atoms with Crippen molar-refractivity contribution < 1.29 is 5.11 Å². The van der Waals surface area contributed by atoms with Crippen molar-refractivity contribution in [3.05, 3.63) is 39.9 Å². The lowest BCUT2D eigenvalue weighted by molar-refractivity contribution is 0.303. The Morgan fingerprint density at radius 1 is 1.31 bits per heavy atom. The van der Waals surface area contributed by atoms with Crippen LogP contribution in [-0.4, -0.2) is 11.7 Å². The van der Waals surface area contributed by atoms with E-state index in [1.165, 1.54) is 0 Å². The molecule has 0 unspecified atom stereocenters. The smallest absolute Gasteiger partial charge is 0.0479 e. The molecule has 0 aliphatic carbocycles. The molecule has 0 heterocycles. The fraction of sp³-hybridized carbons (Fsp3) is 0.200. The van der Waals surface area contributed by atoms with Crippen molar-refractivity contribution >= 4 is 29.3 Å². The number of rotatable bonds is 3. The van der Waals surface area contributed by atoms with Gasteiger partial charge in [0.25, 0.3) is 0 Å². The van der Waals surface area contributed by atoms with Crippen molar-refractivity contribution in [2.75, 3.05) is 6.61 Å². The van der Waals surface area contributed by atoms with E-state index >= 15 is 0 Å². The molecule has 0 aliphatic heterocycles. The average Bonchev–Trinajstić information content (AvgIpc) is 2.11. The van der Waals surface area contributed by atoms with Crippen molar-refractivity contribution in [3.8, 4) is 0 Å². The van der Waals surface area contributed by atoms with Crippen LogP contribution in [0.4, 0.5) is 0 Å². The van der Waals surface area contributed by atoms with Gasteiger partial charge in [-0.2, -0.15) is 0 Å². The number of hydrogen-bond acceptors (Lipinski definition) is 1. The zero-order chi connectivity index (χ0) is 9.68. The molecule has 13 heavy (non-hydrogen) atoms. The van der Waals surface area contributed by atoms with Gasteiger partial charge >= 0.3 is 0 Å². The van der Waals surface area contributed by atoms with Gasteiger partial charge in [-0.3, -0.25) is 0 Å². The quantitative estimate of drug-likeness (QED) is 0.822. The largest absolute Gasteiger partial charge is 0.396 e. The monoisotopic (exact) mass is 216 g/mol. The molecule has 0 saturated carbocycles. The summed E-state index contributed by atoms with van der Waals surface area (Å²) in [6, 6.07) is 5.29. The first-order valence-electron chi connectivity index (χ1n) is 3.96. The minimum absolute atomic E-state index is 0.148. The molecule has 1 rings (SSSR count). The lowest BCUT2D eigenvalue weighted by Crippen LogP contribution is -1.78. The van der Waals surface area contributed by atoms with Gasteiger partial charge in [-0.25, -0.2) is 0 Å². The Bertz CT molecular complexity index is 308. The number of halogens is 2. The first-order valence-corrected chi connectivity index (χ1v) is 4.72. The first kappa shape index (κ1) is 10.6. The number of aliphatic hydroxyl groups excluding tert-OH is 1. The van der Waals surface area contributed by atoms with Gasteiger partial charge in [0.1, 0.15) is 0 Å². The van der Waals surface area contributed by atoms with Crippen LogP contribution in [0.25, 0.3) is 6.08 Å². The number of benzene rings is 1. The van der Waals surface area contributed by atoms with Crippen LogP contribution in [0.3, 0.4) is 0 Å². The van der Waals surface area contributed by atoms with Crippen molar-refractivity contribution in [3.63, 3.8) is 0 Å². The summed E-state index contributed by atoms with van der Waals surface area (Å²) in [5.74, 6) is 0. The fourth-order valence-corrected chi connectivity index (χ4v) is 1.29. The Kier molecular flexibility index (Phi) is 4.29. The maximum absolute atomic E-state index is 8.56. The lowest BCUT2D eigenvalue weighted by atomic mass is 10.2. The fourth-order valence-electron chi connectivity index (χ4n) is 0.927. The Morgan fingerprint density at radius 2 is 2.08 bits per heavy atom. The highest BCUT2D eigenvalue weighted by molar-refractivity contribution is 6.34. The Balaban J connectivity index is 2.81. The highest BCUT2D eigenvalue weighted by Gasteiger charge is 1.96. The minimum atomic E-state index is 0.148. The molecule has 0 saturated heterocycles. The second-order valence-electron chi connectivity index (χ2n) is 2.58. The predicted molar refractivity (Wildman–Crippen MR) is 57.2 cm³/mol. The maximum Gasteiger partial charge on any atom is 0.0479 e. The third-order valence-electron chi connectivity index (χ3n) is 1.55. The van der Waals surface area contributed by atoms with Crippen molar-refractivity contribution in [2.24, 2.45) is 0 Å². The highest BCUT2D eigenvalue weighted by Crippen LogP contribution is 2.21. The molecule has 1 aromatic carbocycles. The normalized spacial score (nSPS) is 11.0.